The number of carbonyl (C=O) groups is 2. The summed E-state index contributed by atoms with van der Waals surface area (Å²) in [6, 6.07) is 16.3. The van der Waals surface area contributed by atoms with Gasteiger partial charge in [-0.3, -0.25) is 9.59 Å². The van der Waals surface area contributed by atoms with Crippen LogP contribution in [0, 0.1) is 11.8 Å². The monoisotopic (exact) mass is 433 g/mol. The van der Waals surface area contributed by atoms with Gasteiger partial charge in [-0.05, 0) is 61.9 Å². The van der Waals surface area contributed by atoms with Gasteiger partial charge in [0.1, 0.15) is 0 Å². The number of amides is 2. The molecular formula is C27H35N3O2. The first-order chi connectivity index (χ1) is 15.4. The molecule has 4 rings (SSSR count). The molecule has 2 saturated carbocycles. The highest BCUT2D eigenvalue weighted by Crippen LogP contribution is 2.36. The van der Waals surface area contributed by atoms with E-state index in [-0.39, 0.29) is 29.7 Å². The number of anilines is 2. The van der Waals surface area contributed by atoms with E-state index in [2.05, 4.69) is 29.3 Å². The highest BCUT2D eigenvalue weighted by atomic mass is 16.2. The van der Waals surface area contributed by atoms with Crippen LogP contribution in [0.25, 0.3) is 0 Å². The normalized spacial score (nSPS) is 17.1. The number of benzene rings is 2. The van der Waals surface area contributed by atoms with Crippen molar-refractivity contribution in [1.82, 2.24) is 4.90 Å². The number of nitrogens with one attached hydrogen (secondary N) is 1. The first-order valence-electron chi connectivity index (χ1n) is 11.9. The molecule has 0 aromatic heterocycles. The van der Waals surface area contributed by atoms with Crippen LogP contribution in [0.5, 0.6) is 0 Å². The van der Waals surface area contributed by atoms with Gasteiger partial charge < -0.3 is 15.1 Å². The van der Waals surface area contributed by atoms with E-state index in [1.54, 1.807) is 0 Å². The number of hydrogen-bond acceptors (Lipinski definition) is 3. The molecule has 0 radical (unpaired) electrons. The van der Waals surface area contributed by atoms with Crippen LogP contribution in [0.2, 0.25) is 0 Å². The predicted octanol–water partition coefficient (Wildman–Crippen LogP) is 5.38. The number of carbonyl (C=O) groups excluding carboxylic acids is 2. The molecule has 0 saturated heterocycles. The summed E-state index contributed by atoms with van der Waals surface area (Å²) in [5, 5.41) is 3.13. The summed E-state index contributed by atoms with van der Waals surface area (Å²) in [5.41, 5.74) is 4.07. The smallest absolute Gasteiger partial charge is 0.227 e. The first-order valence-corrected chi connectivity index (χ1v) is 11.9. The molecule has 2 fully saturated rings. The van der Waals surface area contributed by atoms with Gasteiger partial charge in [0.25, 0.3) is 0 Å². The van der Waals surface area contributed by atoms with Gasteiger partial charge in [0.05, 0.1) is 6.04 Å². The van der Waals surface area contributed by atoms with Crippen molar-refractivity contribution in [2.24, 2.45) is 11.8 Å². The summed E-state index contributed by atoms with van der Waals surface area (Å²) in [5.74, 6) is 0.619. The van der Waals surface area contributed by atoms with E-state index in [0.29, 0.717) is 6.54 Å². The van der Waals surface area contributed by atoms with Crippen molar-refractivity contribution in [2.75, 3.05) is 24.3 Å². The summed E-state index contributed by atoms with van der Waals surface area (Å²) in [7, 11) is 4.03. The van der Waals surface area contributed by atoms with Crippen molar-refractivity contribution in [3.63, 3.8) is 0 Å². The Morgan fingerprint density at radius 3 is 2.28 bits per heavy atom. The van der Waals surface area contributed by atoms with E-state index in [4.69, 9.17) is 0 Å². The van der Waals surface area contributed by atoms with E-state index < -0.39 is 0 Å². The molecule has 1 N–H and O–H groups in total. The molecule has 32 heavy (non-hydrogen) atoms. The zero-order valence-electron chi connectivity index (χ0n) is 19.5. The van der Waals surface area contributed by atoms with Crippen LogP contribution in [0.15, 0.2) is 48.5 Å². The Balaban J connectivity index is 1.60. The molecule has 0 aliphatic heterocycles. The highest BCUT2D eigenvalue weighted by Gasteiger charge is 2.36. The Morgan fingerprint density at radius 2 is 1.66 bits per heavy atom. The lowest BCUT2D eigenvalue weighted by molar-refractivity contribution is -0.135. The van der Waals surface area contributed by atoms with Crippen molar-refractivity contribution < 1.29 is 9.59 Å². The lowest BCUT2D eigenvalue weighted by Gasteiger charge is -2.32. The van der Waals surface area contributed by atoms with Gasteiger partial charge in [0.2, 0.25) is 11.8 Å². The van der Waals surface area contributed by atoms with Gasteiger partial charge in [-0.15, -0.1) is 0 Å². The lowest BCUT2D eigenvalue weighted by Crippen LogP contribution is -2.34. The summed E-state index contributed by atoms with van der Waals surface area (Å²) < 4.78 is 0. The molecule has 2 aliphatic rings. The minimum Gasteiger partial charge on any atom is -0.377 e. The molecule has 2 aromatic carbocycles. The minimum absolute atomic E-state index is 0.0175. The SMILES string of the molecule is C[C@@H](c1ccccc1)N(Cc1cc(NC(=O)C2CCCC2)ccc1N(C)C)C(=O)C1CC1. The zero-order valence-corrected chi connectivity index (χ0v) is 19.5. The second-order valence-corrected chi connectivity index (χ2v) is 9.54. The van der Waals surface area contributed by atoms with Gasteiger partial charge in [-0.2, -0.15) is 0 Å². The van der Waals surface area contributed by atoms with Crippen LogP contribution in [0.3, 0.4) is 0 Å². The van der Waals surface area contributed by atoms with Crippen LogP contribution in [0.1, 0.15) is 62.6 Å². The fourth-order valence-electron chi connectivity index (χ4n) is 4.72. The Hall–Kier alpha value is -2.82. The highest BCUT2D eigenvalue weighted by molar-refractivity contribution is 5.93. The van der Waals surface area contributed by atoms with Crippen molar-refractivity contribution >= 4 is 23.2 Å². The standard InChI is InChI=1S/C27H35N3O2/c1-19(20-9-5-4-6-10-20)30(27(32)22-13-14-22)18-23-17-24(15-16-25(23)29(2)3)28-26(31)21-11-7-8-12-21/h4-6,9-10,15-17,19,21-22H,7-8,11-14,18H2,1-3H3,(H,28,31)/t19-/m0/s1. The van der Waals surface area contributed by atoms with E-state index in [1.165, 1.54) is 0 Å². The summed E-state index contributed by atoms with van der Waals surface area (Å²) >= 11 is 0. The van der Waals surface area contributed by atoms with Gasteiger partial charge in [0.15, 0.2) is 0 Å². The quantitative estimate of drug-likeness (QED) is 0.608. The maximum atomic E-state index is 13.3. The minimum atomic E-state index is -0.0175. The summed E-state index contributed by atoms with van der Waals surface area (Å²) in [4.78, 5) is 30.1. The average molecular weight is 434 g/mol. The molecule has 5 heteroatoms. The Bertz CT molecular complexity index is 947. The maximum absolute atomic E-state index is 13.3. The topological polar surface area (TPSA) is 52.7 Å². The van der Waals surface area contributed by atoms with E-state index in [9.17, 15) is 9.59 Å². The Morgan fingerprint density at radius 1 is 0.969 bits per heavy atom. The van der Waals surface area contributed by atoms with Crippen LogP contribution in [0.4, 0.5) is 11.4 Å². The molecule has 2 amide bonds. The second kappa shape index (κ2) is 9.76. The van der Waals surface area contributed by atoms with Gasteiger partial charge in [0, 0.05) is 43.9 Å². The molecule has 5 nitrogen and oxygen atoms in total. The van der Waals surface area contributed by atoms with Crippen LogP contribution < -0.4 is 10.2 Å². The first kappa shape index (κ1) is 22.4. The number of rotatable bonds is 8. The van der Waals surface area contributed by atoms with Crippen LogP contribution in [-0.4, -0.2) is 30.8 Å². The molecule has 170 valence electrons. The second-order valence-electron chi connectivity index (χ2n) is 9.54. The Labute approximate surface area is 191 Å². The third-order valence-electron chi connectivity index (χ3n) is 6.85. The molecule has 0 spiro atoms. The van der Waals surface area contributed by atoms with Crippen molar-refractivity contribution in [1.29, 1.82) is 0 Å². The van der Waals surface area contributed by atoms with Crippen LogP contribution in [-0.2, 0) is 16.1 Å². The predicted molar refractivity (Wildman–Crippen MR) is 129 cm³/mol. The van der Waals surface area contributed by atoms with E-state index in [1.807, 2.05) is 55.4 Å². The van der Waals surface area contributed by atoms with Crippen molar-refractivity contribution in [3.8, 4) is 0 Å². The maximum Gasteiger partial charge on any atom is 0.227 e. The van der Waals surface area contributed by atoms with Crippen molar-refractivity contribution in [3.05, 3.63) is 59.7 Å². The third-order valence-corrected chi connectivity index (χ3v) is 6.85. The average Bonchev–Trinajstić information content (AvgIpc) is 3.50. The third kappa shape index (κ3) is 5.14. The molecule has 0 bridgehead atoms. The fraction of sp³-hybridized carbons (Fsp3) is 0.481. The summed E-state index contributed by atoms with van der Waals surface area (Å²) in [6.45, 7) is 2.63. The molecular weight excluding hydrogens is 398 g/mol. The lowest BCUT2D eigenvalue weighted by atomic mass is 10.0. The number of hydrogen-bond donors (Lipinski definition) is 1. The molecule has 2 aliphatic carbocycles. The van der Waals surface area contributed by atoms with E-state index in [0.717, 1.165) is 61.0 Å². The molecule has 0 unspecified atom stereocenters. The molecule has 1 atom stereocenters. The number of nitrogens with zero attached hydrogens (tertiary/aromatic N) is 2. The van der Waals surface area contributed by atoms with E-state index >= 15 is 0 Å². The van der Waals surface area contributed by atoms with Gasteiger partial charge in [-0.1, -0.05) is 43.2 Å². The summed E-state index contributed by atoms with van der Waals surface area (Å²) in [6.07, 6.45) is 6.19. The van der Waals surface area contributed by atoms with Gasteiger partial charge in [-0.25, -0.2) is 0 Å². The molecule has 2 aromatic rings. The van der Waals surface area contributed by atoms with Gasteiger partial charge >= 0.3 is 0 Å². The largest absolute Gasteiger partial charge is 0.377 e. The zero-order chi connectivity index (χ0) is 22.7. The van der Waals surface area contributed by atoms with Crippen molar-refractivity contribution in [2.45, 2.75) is 58.0 Å². The van der Waals surface area contributed by atoms with Crippen LogP contribution >= 0.6 is 0 Å². The fourth-order valence-corrected chi connectivity index (χ4v) is 4.72. The Kier molecular flexibility index (Phi) is 6.83. The molecule has 0 heterocycles.